The van der Waals surface area contributed by atoms with Gasteiger partial charge in [0, 0.05) is 18.0 Å². The Labute approximate surface area is 130 Å². The van der Waals surface area contributed by atoms with Gasteiger partial charge in [0.2, 0.25) is 10.0 Å². The van der Waals surface area contributed by atoms with Gasteiger partial charge in [0.1, 0.15) is 4.90 Å². The summed E-state index contributed by atoms with van der Waals surface area (Å²) in [6.07, 6.45) is 0.972. The van der Waals surface area contributed by atoms with Gasteiger partial charge in [-0.05, 0) is 35.4 Å². The number of thiophene rings is 1. The molecule has 6 heteroatoms. The van der Waals surface area contributed by atoms with Gasteiger partial charge >= 0.3 is 0 Å². The van der Waals surface area contributed by atoms with Gasteiger partial charge in [0.25, 0.3) is 0 Å². The van der Waals surface area contributed by atoms with Crippen LogP contribution < -0.4 is 10.5 Å². The molecule has 0 aliphatic heterocycles. The Morgan fingerprint density at radius 2 is 1.81 bits per heavy atom. The van der Waals surface area contributed by atoms with E-state index in [1.807, 2.05) is 29.6 Å². The van der Waals surface area contributed by atoms with Gasteiger partial charge in [0.15, 0.2) is 0 Å². The van der Waals surface area contributed by atoms with Crippen LogP contribution in [0.1, 0.15) is 28.5 Å². The van der Waals surface area contributed by atoms with Crippen molar-refractivity contribution in [3.05, 3.63) is 51.2 Å². The zero-order valence-corrected chi connectivity index (χ0v) is 13.9. The van der Waals surface area contributed by atoms with Gasteiger partial charge in [-0.2, -0.15) is 0 Å². The third kappa shape index (κ3) is 3.71. The van der Waals surface area contributed by atoms with E-state index in [1.165, 1.54) is 16.9 Å². The molecule has 0 fully saturated rings. The van der Waals surface area contributed by atoms with Crippen LogP contribution in [0.2, 0.25) is 0 Å². The summed E-state index contributed by atoms with van der Waals surface area (Å²) in [7, 11) is -3.52. The lowest BCUT2D eigenvalue weighted by Gasteiger charge is -2.09. The highest BCUT2D eigenvalue weighted by Gasteiger charge is 2.21. The van der Waals surface area contributed by atoms with E-state index in [4.69, 9.17) is 5.73 Å². The van der Waals surface area contributed by atoms with E-state index < -0.39 is 10.0 Å². The van der Waals surface area contributed by atoms with E-state index in [0.717, 1.165) is 17.5 Å². The summed E-state index contributed by atoms with van der Waals surface area (Å²) in [5, 5.41) is 1.83. The summed E-state index contributed by atoms with van der Waals surface area (Å²) in [5.41, 5.74) is 8.54. The number of rotatable bonds is 6. The van der Waals surface area contributed by atoms with E-state index in [0.29, 0.717) is 9.77 Å². The average molecular weight is 324 g/mol. The number of hydrogen-bond donors (Lipinski definition) is 2. The summed E-state index contributed by atoms with van der Waals surface area (Å²) in [4.78, 5) is 1.03. The molecule has 0 saturated carbocycles. The maximum atomic E-state index is 12.4. The van der Waals surface area contributed by atoms with Crippen molar-refractivity contribution in [2.24, 2.45) is 5.73 Å². The monoisotopic (exact) mass is 324 g/mol. The maximum absolute atomic E-state index is 12.4. The highest BCUT2D eigenvalue weighted by atomic mass is 32.2. The molecule has 4 nitrogen and oxygen atoms in total. The standard InChI is InChI=1S/C15H20N2O2S2/c1-3-12-4-6-13(7-5-12)9-17-21(18,19)15-11(2)10-20-14(15)8-16/h4-7,10,17H,3,8-9,16H2,1-2H3. The smallest absolute Gasteiger partial charge is 0.242 e. The minimum absolute atomic E-state index is 0.236. The quantitative estimate of drug-likeness (QED) is 0.858. The Morgan fingerprint density at radius 3 is 2.38 bits per heavy atom. The van der Waals surface area contributed by atoms with Gasteiger partial charge in [-0.15, -0.1) is 11.3 Å². The van der Waals surface area contributed by atoms with Crippen molar-refractivity contribution in [2.45, 2.75) is 38.3 Å². The molecule has 21 heavy (non-hydrogen) atoms. The molecule has 0 amide bonds. The first kappa shape index (κ1) is 16.2. The van der Waals surface area contributed by atoms with Gasteiger partial charge in [-0.3, -0.25) is 0 Å². The summed E-state index contributed by atoms with van der Waals surface area (Å²) in [6, 6.07) is 7.94. The molecule has 1 heterocycles. The lowest BCUT2D eigenvalue weighted by Crippen LogP contribution is -2.24. The molecule has 0 aliphatic rings. The van der Waals surface area contributed by atoms with Crippen LogP contribution in [-0.4, -0.2) is 8.42 Å². The first-order valence-electron chi connectivity index (χ1n) is 6.82. The topological polar surface area (TPSA) is 72.2 Å². The fraction of sp³-hybridized carbons (Fsp3) is 0.333. The predicted octanol–water partition coefficient (Wildman–Crippen LogP) is 2.56. The van der Waals surface area contributed by atoms with Crippen molar-refractivity contribution in [2.75, 3.05) is 0 Å². The van der Waals surface area contributed by atoms with Crippen LogP contribution in [0.4, 0.5) is 0 Å². The first-order valence-corrected chi connectivity index (χ1v) is 9.18. The zero-order chi connectivity index (χ0) is 15.5. The molecule has 0 bridgehead atoms. The van der Waals surface area contributed by atoms with Crippen molar-refractivity contribution in [1.82, 2.24) is 4.72 Å². The molecular weight excluding hydrogens is 304 g/mol. The largest absolute Gasteiger partial charge is 0.326 e. The molecule has 1 aromatic heterocycles. The summed E-state index contributed by atoms with van der Waals surface area (Å²) < 4.78 is 27.5. The van der Waals surface area contributed by atoms with E-state index in [1.54, 1.807) is 6.92 Å². The van der Waals surface area contributed by atoms with Gasteiger partial charge in [0.05, 0.1) is 0 Å². The zero-order valence-electron chi connectivity index (χ0n) is 12.2. The van der Waals surface area contributed by atoms with E-state index in [-0.39, 0.29) is 13.1 Å². The minimum Gasteiger partial charge on any atom is -0.326 e. The molecule has 2 rings (SSSR count). The van der Waals surface area contributed by atoms with Gasteiger partial charge in [-0.1, -0.05) is 31.2 Å². The Hall–Kier alpha value is -1.21. The molecule has 0 radical (unpaired) electrons. The second-order valence-corrected chi connectivity index (χ2v) is 7.54. The number of aryl methyl sites for hydroxylation is 2. The van der Waals surface area contributed by atoms with Crippen molar-refractivity contribution in [3.8, 4) is 0 Å². The second kappa shape index (κ2) is 6.70. The fourth-order valence-corrected chi connectivity index (χ4v) is 4.85. The molecule has 0 saturated heterocycles. The van der Waals surface area contributed by atoms with Crippen LogP contribution in [0, 0.1) is 6.92 Å². The lowest BCUT2D eigenvalue weighted by molar-refractivity contribution is 0.580. The molecule has 0 unspecified atom stereocenters. The number of benzene rings is 1. The number of hydrogen-bond acceptors (Lipinski definition) is 4. The third-order valence-corrected chi connectivity index (χ3v) is 6.23. The SMILES string of the molecule is CCc1ccc(CNS(=O)(=O)c2c(C)csc2CN)cc1. The molecule has 114 valence electrons. The van der Waals surface area contributed by atoms with E-state index in [2.05, 4.69) is 11.6 Å². The fourth-order valence-electron chi connectivity index (χ4n) is 2.13. The summed E-state index contributed by atoms with van der Waals surface area (Å²) in [5.74, 6) is 0. The average Bonchev–Trinajstić information content (AvgIpc) is 2.87. The van der Waals surface area contributed by atoms with Crippen LogP contribution in [0.3, 0.4) is 0 Å². The first-order chi connectivity index (χ1) is 9.97. The van der Waals surface area contributed by atoms with Crippen molar-refractivity contribution >= 4 is 21.4 Å². The lowest BCUT2D eigenvalue weighted by atomic mass is 10.1. The highest BCUT2D eigenvalue weighted by molar-refractivity contribution is 7.89. The van der Waals surface area contributed by atoms with E-state index in [9.17, 15) is 8.42 Å². The molecule has 2 aromatic rings. The third-order valence-electron chi connectivity index (χ3n) is 3.34. The van der Waals surface area contributed by atoms with Crippen molar-refractivity contribution in [3.63, 3.8) is 0 Å². The van der Waals surface area contributed by atoms with Crippen LogP contribution >= 0.6 is 11.3 Å². The van der Waals surface area contributed by atoms with Crippen LogP contribution in [0.15, 0.2) is 34.5 Å². The summed E-state index contributed by atoms with van der Waals surface area (Å²) in [6.45, 7) is 4.40. The van der Waals surface area contributed by atoms with Gasteiger partial charge in [-0.25, -0.2) is 13.1 Å². The molecule has 0 aliphatic carbocycles. The van der Waals surface area contributed by atoms with Crippen molar-refractivity contribution in [1.29, 1.82) is 0 Å². The Bertz CT molecular complexity index is 704. The molecular formula is C15H20N2O2S2. The Morgan fingerprint density at radius 1 is 1.19 bits per heavy atom. The molecule has 0 spiro atoms. The number of nitrogens with two attached hydrogens (primary N) is 1. The van der Waals surface area contributed by atoms with Crippen LogP contribution in [0.5, 0.6) is 0 Å². The normalized spacial score (nSPS) is 11.8. The molecule has 3 N–H and O–H groups in total. The van der Waals surface area contributed by atoms with Gasteiger partial charge < -0.3 is 5.73 Å². The second-order valence-electron chi connectivity index (χ2n) is 4.87. The maximum Gasteiger partial charge on any atom is 0.242 e. The van der Waals surface area contributed by atoms with Crippen LogP contribution in [0.25, 0.3) is 0 Å². The van der Waals surface area contributed by atoms with E-state index >= 15 is 0 Å². The Balaban J connectivity index is 2.15. The highest BCUT2D eigenvalue weighted by Crippen LogP contribution is 2.26. The Kier molecular flexibility index (Phi) is 5.16. The van der Waals surface area contributed by atoms with Crippen LogP contribution in [-0.2, 0) is 29.5 Å². The van der Waals surface area contributed by atoms with Crippen molar-refractivity contribution < 1.29 is 8.42 Å². The number of nitrogens with one attached hydrogen (secondary N) is 1. The minimum atomic E-state index is -3.52. The number of sulfonamides is 1. The molecule has 0 atom stereocenters. The molecule has 1 aromatic carbocycles. The summed E-state index contributed by atoms with van der Waals surface area (Å²) >= 11 is 1.39. The predicted molar refractivity (Wildman–Crippen MR) is 86.8 cm³/mol.